The van der Waals surface area contributed by atoms with Crippen LogP contribution in [0.3, 0.4) is 0 Å². The van der Waals surface area contributed by atoms with Crippen molar-refractivity contribution in [3.8, 4) is 5.75 Å². The Bertz CT molecular complexity index is 1410. The van der Waals surface area contributed by atoms with Crippen LogP contribution in [0.15, 0.2) is 57.9 Å². The van der Waals surface area contributed by atoms with Crippen LogP contribution in [-0.2, 0) is 7.05 Å². The Morgan fingerprint density at radius 2 is 1.81 bits per heavy atom. The Labute approximate surface area is 149 Å². The van der Waals surface area contributed by atoms with E-state index in [0.29, 0.717) is 27.7 Å². The molecule has 3 aromatic carbocycles. The molecule has 2 aromatic heterocycles. The molecule has 128 valence electrons. The highest BCUT2D eigenvalue weighted by Crippen LogP contribution is 2.36. The molecule has 0 spiro atoms. The molecule has 0 bridgehead atoms. The maximum Gasteiger partial charge on any atom is 0.202 e. The minimum absolute atomic E-state index is 0.0329. The normalized spacial score (nSPS) is 11.8. The van der Waals surface area contributed by atoms with Gasteiger partial charge in [0.2, 0.25) is 5.43 Å². The van der Waals surface area contributed by atoms with Gasteiger partial charge < -0.3 is 13.7 Å². The van der Waals surface area contributed by atoms with E-state index in [2.05, 4.69) is 25.1 Å². The van der Waals surface area contributed by atoms with Crippen molar-refractivity contribution in [2.75, 3.05) is 7.11 Å². The van der Waals surface area contributed by atoms with Gasteiger partial charge in [0.05, 0.1) is 23.4 Å². The molecule has 0 saturated heterocycles. The number of rotatable bonds is 1. The van der Waals surface area contributed by atoms with E-state index in [0.717, 1.165) is 21.7 Å². The van der Waals surface area contributed by atoms with E-state index in [1.807, 2.05) is 29.9 Å². The number of fused-ring (bicyclic) bond motifs is 7. The predicted octanol–water partition coefficient (Wildman–Crippen LogP) is 4.91. The van der Waals surface area contributed by atoms with Crippen molar-refractivity contribution in [1.82, 2.24) is 4.57 Å². The van der Waals surface area contributed by atoms with Crippen LogP contribution < -0.4 is 10.2 Å². The zero-order chi connectivity index (χ0) is 18.0. The summed E-state index contributed by atoms with van der Waals surface area (Å²) >= 11 is 0. The SMILES string of the molecule is COc1ccc2oc3c4ccc(C)cc4c4ccn(C)c4c3c(=O)c2c1. The Morgan fingerprint density at radius 1 is 0.962 bits per heavy atom. The molecule has 0 aliphatic carbocycles. The van der Waals surface area contributed by atoms with Gasteiger partial charge in [-0.1, -0.05) is 23.8 Å². The van der Waals surface area contributed by atoms with Gasteiger partial charge in [0.25, 0.3) is 0 Å². The summed E-state index contributed by atoms with van der Waals surface area (Å²) in [6.07, 6.45) is 1.99. The third-order valence-corrected chi connectivity index (χ3v) is 5.12. The number of aryl methyl sites for hydroxylation is 2. The second-order valence-corrected chi connectivity index (χ2v) is 6.74. The van der Waals surface area contributed by atoms with Gasteiger partial charge in [-0.3, -0.25) is 4.79 Å². The zero-order valence-corrected chi connectivity index (χ0v) is 14.8. The summed E-state index contributed by atoms with van der Waals surface area (Å²) in [5.74, 6) is 0.642. The first-order chi connectivity index (χ1) is 12.6. The van der Waals surface area contributed by atoms with Crippen molar-refractivity contribution in [1.29, 1.82) is 0 Å². The Morgan fingerprint density at radius 3 is 2.62 bits per heavy atom. The summed E-state index contributed by atoms with van der Waals surface area (Å²) in [6.45, 7) is 2.07. The quantitative estimate of drug-likeness (QED) is 0.321. The fourth-order valence-electron chi connectivity index (χ4n) is 3.84. The third kappa shape index (κ3) is 1.87. The van der Waals surface area contributed by atoms with Crippen molar-refractivity contribution in [3.05, 3.63) is 64.4 Å². The maximum absolute atomic E-state index is 13.4. The van der Waals surface area contributed by atoms with Crippen molar-refractivity contribution in [3.63, 3.8) is 0 Å². The lowest BCUT2D eigenvalue weighted by Gasteiger charge is -2.10. The summed E-state index contributed by atoms with van der Waals surface area (Å²) < 4.78 is 13.5. The fraction of sp³-hybridized carbons (Fsp3) is 0.136. The molecule has 26 heavy (non-hydrogen) atoms. The summed E-state index contributed by atoms with van der Waals surface area (Å²) in [7, 11) is 3.55. The molecular weight excluding hydrogens is 326 g/mol. The van der Waals surface area contributed by atoms with Crippen LogP contribution in [0, 0.1) is 6.92 Å². The fourth-order valence-corrected chi connectivity index (χ4v) is 3.84. The van der Waals surface area contributed by atoms with Crippen molar-refractivity contribution in [2.24, 2.45) is 7.05 Å². The number of nitrogens with zero attached hydrogens (tertiary/aromatic N) is 1. The van der Waals surface area contributed by atoms with Crippen LogP contribution in [0.1, 0.15) is 5.56 Å². The lowest BCUT2D eigenvalue weighted by molar-refractivity contribution is 0.415. The monoisotopic (exact) mass is 343 g/mol. The van der Waals surface area contributed by atoms with Crippen molar-refractivity contribution >= 4 is 43.6 Å². The average molecular weight is 343 g/mol. The number of hydrogen-bond donors (Lipinski definition) is 0. The second kappa shape index (κ2) is 5.11. The summed E-state index contributed by atoms with van der Waals surface area (Å²) in [5, 5.41) is 4.27. The van der Waals surface area contributed by atoms with Crippen LogP contribution in [-0.4, -0.2) is 11.7 Å². The van der Waals surface area contributed by atoms with Gasteiger partial charge in [-0.25, -0.2) is 0 Å². The minimum atomic E-state index is -0.0329. The number of ether oxygens (including phenoxy) is 1. The Kier molecular flexibility index (Phi) is 2.95. The van der Waals surface area contributed by atoms with E-state index in [9.17, 15) is 4.79 Å². The van der Waals surface area contributed by atoms with Crippen LogP contribution in [0.25, 0.3) is 43.6 Å². The molecule has 0 aliphatic heterocycles. The Hall–Kier alpha value is -3.27. The number of aromatic nitrogens is 1. The molecular formula is C22H17NO3. The second-order valence-electron chi connectivity index (χ2n) is 6.74. The average Bonchev–Trinajstić information content (AvgIpc) is 3.03. The number of benzene rings is 3. The van der Waals surface area contributed by atoms with Gasteiger partial charge in [0, 0.05) is 24.0 Å². The molecule has 4 nitrogen and oxygen atoms in total. The highest BCUT2D eigenvalue weighted by atomic mass is 16.5. The van der Waals surface area contributed by atoms with E-state index in [4.69, 9.17) is 9.15 Å². The van der Waals surface area contributed by atoms with E-state index in [-0.39, 0.29) is 5.43 Å². The zero-order valence-electron chi connectivity index (χ0n) is 14.8. The lowest BCUT2D eigenvalue weighted by Crippen LogP contribution is -2.05. The Balaban J connectivity index is 2.15. The van der Waals surface area contributed by atoms with Gasteiger partial charge in [-0.15, -0.1) is 0 Å². The molecule has 0 unspecified atom stereocenters. The van der Waals surface area contributed by atoms with Gasteiger partial charge in [0.1, 0.15) is 16.9 Å². The van der Waals surface area contributed by atoms with Crippen molar-refractivity contribution < 1.29 is 9.15 Å². The van der Waals surface area contributed by atoms with Crippen LogP contribution >= 0.6 is 0 Å². The summed E-state index contributed by atoms with van der Waals surface area (Å²) in [4.78, 5) is 13.4. The molecule has 0 aliphatic rings. The van der Waals surface area contributed by atoms with Gasteiger partial charge in [0.15, 0.2) is 0 Å². The topological polar surface area (TPSA) is 44.4 Å². The van der Waals surface area contributed by atoms with Gasteiger partial charge in [-0.05, 0) is 36.6 Å². The summed E-state index contributed by atoms with van der Waals surface area (Å²) in [5.41, 5.74) is 3.25. The molecule has 5 rings (SSSR count). The third-order valence-electron chi connectivity index (χ3n) is 5.12. The predicted molar refractivity (Wildman–Crippen MR) is 105 cm³/mol. The smallest absolute Gasteiger partial charge is 0.202 e. The van der Waals surface area contributed by atoms with Crippen LogP contribution in [0.2, 0.25) is 0 Å². The first-order valence-electron chi connectivity index (χ1n) is 8.50. The van der Waals surface area contributed by atoms with E-state index in [1.54, 1.807) is 19.2 Å². The highest BCUT2D eigenvalue weighted by molar-refractivity contribution is 6.23. The minimum Gasteiger partial charge on any atom is -0.497 e. The highest BCUT2D eigenvalue weighted by Gasteiger charge is 2.18. The maximum atomic E-state index is 13.4. The molecule has 2 heterocycles. The molecule has 0 atom stereocenters. The molecule has 4 heteroatoms. The largest absolute Gasteiger partial charge is 0.497 e. The summed E-state index contributed by atoms with van der Waals surface area (Å²) in [6, 6.07) is 13.6. The van der Waals surface area contributed by atoms with E-state index < -0.39 is 0 Å². The van der Waals surface area contributed by atoms with Crippen LogP contribution in [0.5, 0.6) is 5.75 Å². The van der Waals surface area contributed by atoms with Gasteiger partial charge in [-0.2, -0.15) is 0 Å². The van der Waals surface area contributed by atoms with Crippen LogP contribution in [0.4, 0.5) is 0 Å². The number of methoxy groups -OCH3 is 1. The lowest BCUT2D eigenvalue weighted by atomic mass is 9.99. The van der Waals surface area contributed by atoms with Gasteiger partial charge >= 0.3 is 0 Å². The molecule has 0 N–H and O–H groups in total. The molecule has 5 aromatic rings. The van der Waals surface area contributed by atoms with E-state index >= 15 is 0 Å². The van der Waals surface area contributed by atoms with E-state index in [1.165, 1.54) is 5.56 Å². The standard InChI is InChI=1S/C22H17NO3/c1-12-4-6-15-16(10-12)14-8-9-23(2)20(14)19-21(24)17-11-13(25-3)5-7-18(17)26-22(15)19/h4-11H,1-3H3. The molecule has 0 fully saturated rings. The number of hydrogen-bond acceptors (Lipinski definition) is 3. The first kappa shape index (κ1) is 15.0. The molecule has 0 amide bonds. The molecule has 0 radical (unpaired) electrons. The first-order valence-corrected chi connectivity index (χ1v) is 8.50. The van der Waals surface area contributed by atoms with Crippen molar-refractivity contribution in [2.45, 2.75) is 6.92 Å². The molecule has 0 saturated carbocycles.